The molecule has 1 saturated heterocycles. The van der Waals surface area contributed by atoms with Gasteiger partial charge >= 0.3 is 0 Å². The SMILES string of the molecule is CN1CCN(Cc2ccccc2)C1. The first-order valence-electron chi connectivity index (χ1n) is 4.79. The van der Waals surface area contributed by atoms with Crippen molar-refractivity contribution in [3.05, 3.63) is 35.9 Å². The Balaban J connectivity index is 1.92. The zero-order valence-corrected chi connectivity index (χ0v) is 8.11. The van der Waals surface area contributed by atoms with Gasteiger partial charge in [-0.3, -0.25) is 9.80 Å². The van der Waals surface area contributed by atoms with E-state index >= 15 is 0 Å². The molecule has 1 aliphatic rings. The van der Waals surface area contributed by atoms with Gasteiger partial charge in [-0.15, -0.1) is 0 Å². The van der Waals surface area contributed by atoms with Crippen LogP contribution >= 0.6 is 0 Å². The molecule has 1 aliphatic heterocycles. The van der Waals surface area contributed by atoms with Crippen molar-refractivity contribution in [3.8, 4) is 0 Å². The summed E-state index contributed by atoms with van der Waals surface area (Å²) in [6.45, 7) is 4.60. The molecule has 1 heterocycles. The quantitative estimate of drug-likeness (QED) is 0.672. The topological polar surface area (TPSA) is 6.48 Å². The summed E-state index contributed by atoms with van der Waals surface area (Å²) in [6, 6.07) is 10.7. The second-order valence-corrected chi connectivity index (χ2v) is 3.76. The van der Waals surface area contributed by atoms with E-state index in [0.29, 0.717) is 0 Å². The van der Waals surface area contributed by atoms with Gasteiger partial charge in [0.25, 0.3) is 0 Å². The molecule has 1 fully saturated rings. The molecular weight excluding hydrogens is 160 g/mol. The van der Waals surface area contributed by atoms with Crippen molar-refractivity contribution in [2.45, 2.75) is 6.54 Å². The van der Waals surface area contributed by atoms with Crippen LogP contribution in [0.1, 0.15) is 5.56 Å². The van der Waals surface area contributed by atoms with E-state index in [1.165, 1.54) is 18.7 Å². The lowest BCUT2D eigenvalue weighted by Gasteiger charge is -2.14. The summed E-state index contributed by atoms with van der Waals surface area (Å²) in [5.74, 6) is 0. The minimum atomic E-state index is 1.09. The van der Waals surface area contributed by atoms with Crippen LogP contribution in [-0.2, 0) is 6.54 Å². The van der Waals surface area contributed by atoms with Crippen molar-refractivity contribution in [2.75, 3.05) is 26.8 Å². The molecule has 0 N–H and O–H groups in total. The number of nitrogens with zero attached hydrogens (tertiary/aromatic N) is 2. The van der Waals surface area contributed by atoms with Gasteiger partial charge < -0.3 is 0 Å². The Bertz CT molecular complexity index is 258. The summed E-state index contributed by atoms with van der Waals surface area (Å²) >= 11 is 0. The molecule has 2 heteroatoms. The van der Waals surface area contributed by atoms with E-state index in [-0.39, 0.29) is 0 Å². The lowest BCUT2D eigenvalue weighted by Crippen LogP contribution is -2.22. The third-order valence-corrected chi connectivity index (χ3v) is 2.49. The molecule has 0 radical (unpaired) electrons. The number of likely N-dealkylation sites (N-methyl/N-ethyl adjacent to an activating group) is 1. The van der Waals surface area contributed by atoms with Gasteiger partial charge in [-0.05, 0) is 12.6 Å². The van der Waals surface area contributed by atoms with E-state index in [2.05, 4.69) is 47.2 Å². The highest BCUT2D eigenvalue weighted by Crippen LogP contribution is 2.08. The summed E-state index contributed by atoms with van der Waals surface area (Å²) in [6.07, 6.45) is 0. The minimum absolute atomic E-state index is 1.09. The van der Waals surface area contributed by atoms with E-state index < -0.39 is 0 Å². The van der Waals surface area contributed by atoms with Crippen LogP contribution in [0, 0.1) is 0 Å². The summed E-state index contributed by atoms with van der Waals surface area (Å²) < 4.78 is 0. The zero-order chi connectivity index (χ0) is 9.10. The predicted octanol–water partition coefficient (Wildman–Crippen LogP) is 1.39. The Morgan fingerprint density at radius 1 is 1.15 bits per heavy atom. The second-order valence-electron chi connectivity index (χ2n) is 3.76. The molecule has 13 heavy (non-hydrogen) atoms. The molecule has 0 aromatic heterocycles. The molecule has 0 atom stereocenters. The van der Waals surface area contributed by atoms with Crippen molar-refractivity contribution in [2.24, 2.45) is 0 Å². The Labute approximate surface area is 79.8 Å². The van der Waals surface area contributed by atoms with Crippen LogP contribution in [0.3, 0.4) is 0 Å². The van der Waals surface area contributed by atoms with Crippen LogP contribution in [0.15, 0.2) is 30.3 Å². The standard InChI is InChI=1S/C11H16N2/c1-12-7-8-13(10-12)9-11-5-3-2-4-6-11/h2-6H,7-10H2,1H3. The molecule has 0 unspecified atom stereocenters. The van der Waals surface area contributed by atoms with Gasteiger partial charge in [0, 0.05) is 19.6 Å². The normalized spacial score (nSPS) is 19.5. The Hall–Kier alpha value is -0.860. The van der Waals surface area contributed by atoms with Crippen molar-refractivity contribution in [1.82, 2.24) is 9.80 Å². The van der Waals surface area contributed by atoms with Gasteiger partial charge in [-0.2, -0.15) is 0 Å². The van der Waals surface area contributed by atoms with Gasteiger partial charge in [0.1, 0.15) is 0 Å². The molecule has 0 saturated carbocycles. The van der Waals surface area contributed by atoms with E-state index in [0.717, 1.165) is 13.2 Å². The summed E-state index contributed by atoms with van der Waals surface area (Å²) in [5, 5.41) is 0. The molecule has 2 rings (SSSR count). The largest absolute Gasteiger partial charge is 0.292 e. The van der Waals surface area contributed by atoms with E-state index in [9.17, 15) is 0 Å². The summed E-state index contributed by atoms with van der Waals surface area (Å²) in [5.41, 5.74) is 1.41. The smallest absolute Gasteiger partial charge is 0.0507 e. The first-order valence-corrected chi connectivity index (χ1v) is 4.79. The molecule has 0 aliphatic carbocycles. The van der Waals surface area contributed by atoms with Crippen LogP contribution in [0.25, 0.3) is 0 Å². The molecule has 0 bridgehead atoms. The van der Waals surface area contributed by atoms with Crippen LogP contribution in [0.2, 0.25) is 0 Å². The maximum atomic E-state index is 2.47. The highest BCUT2D eigenvalue weighted by Gasteiger charge is 2.15. The van der Waals surface area contributed by atoms with Gasteiger partial charge in [0.15, 0.2) is 0 Å². The van der Waals surface area contributed by atoms with Gasteiger partial charge in [0.05, 0.1) is 6.67 Å². The molecule has 0 spiro atoms. The van der Waals surface area contributed by atoms with E-state index in [1.807, 2.05) is 0 Å². The van der Waals surface area contributed by atoms with Crippen molar-refractivity contribution in [3.63, 3.8) is 0 Å². The van der Waals surface area contributed by atoms with E-state index in [1.54, 1.807) is 0 Å². The van der Waals surface area contributed by atoms with Gasteiger partial charge in [-0.25, -0.2) is 0 Å². The number of rotatable bonds is 2. The number of hydrogen-bond donors (Lipinski definition) is 0. The molecule has 0 amide bonds. The van der Waals surface area contributed by atoms with Crippen molar-refractivity contribution >= 4 is 0 Å². The monoisotopic (exact) mass is 176 g/mol. The molecule has 1 aromatic carbocycles. The number of benzene rings is 1. The van der Waals surface area contributed by atoms with Gasteiger partial charge in [-0.1, -0.05) is 30.3 Å². The molecule has 1 aromatic rings. The molecule has 2 nitrogen and oxygen atoms in total. The predicted molar refractivity (Wildman–Crippen MR) is 54.3 cm³/mol. The molecular formula is C11H16N2. The summed E-state index contributed by atoms with van der Waals surface area (Å²) in [7, 11) is 2.17. The van der Waals surface area contributed by atoms with Crippen molar-refractivity contribution < 1.29 is 0 Å². The second kappa shape index (κ2) is 3.90. The zero-order valence-electron chi connectivity index (χ0n) is 8.11. The average Bonchev–Trinajstić information content (AvgIpc) is 2.53. The maximum absolute atomic E-state index is 2.47. The molecule has 70 valence electrons. The third kappa shape index (κ3) is 2.29. The lowest BCUT2D eigenvalue weighted by molar-refractivity contribution is 0.268. The fraction of sp³-hybridized carbons (Fsp3) is 0.455. The van der Waals surface area contributed by atoms with Crippen molar-refractivity contribution in [1.29, 1.82) is 0 Å². The maximum Gasteiger partial charge on any atom is 0.0507 e. The minimum Gasteiger partial charge on any atom is -0.292 e. The van der Waals surface area contributed by atoms with Gasteiger partial charge in [0.2, 0.25) is 0 Å². The fourth-order valence-corrected chi connectivity index (χ4v) is 1.77. The Morgan fingerprint density at radius 2 is 1.92 bits per heavy atom. The van der Waals surface area contributed by atoms with Crippen LogP contribution < -0.4 is 0 Å². The van der Waals surface area contributed by atoms with Crippen LogP contribution in [0.5, 0.6) is 0 Å². The average molecular weight is 176 g/mol. The Morgan fingerprint density at radius 3 is 2.54 bits per heavy atom. The van der Waals surface area contributed by atoms with Crippen LogP contribution in [0.4, 0.5) is 0 Å². The van der Waals surface area contributed by atoms with Crippen LogP contribution in [-0.4, -0.2) is 36.6 Å². The number of hydrogen-bond acceptors (Lipinski definition) is 2. The lowest BCUT2D eigenvalue weighted by atomic mass is 10.2. The Kier molecular flexibility index (Phi) is 2.62. The highest BCUT2D eigenvalue weighted by atomic mass is 15.4. The first-order chi connectivity index (χ1) is 6.34. The fourth-order valence-electron chi connectivity index (χ4n) is 1.77. The third-order valence-electron chi connectivity index (χ3n) is 2.49. The first kappa shape index (κ1) is 8.73. The summed E-state index contributed by atoms with van der Waals surface area (Å²) in [4.78, 5) is 4.82. The van der Waals surface area contributed by atoms with E-state index in [4.69, 9.17) is 0 Å². The highest BCUT2D eigenvalue weighted by molar-refractivity contribution is 5.14.